The fraction of sp³-hybridized carbons (Fsp3) is 0.588. The van der Waals surface area contributed by atoms with Crippen molar-refractivity contribution >= 4 is 17.5 Å². The van der Waals surface area contributed by atoms with E-state index in [0.29, 0.717) is 18.2 Å². The van der Waals surface area contributed by atoms with Crippen molar-refractivity contribution in [3.63, 3.8) is 0 Å². The van der Waals surface area contributed by atoms with Gasteiger partial charge in [0.1, 0.15) is 11.9 Å². The molecule has 0 saturated carbocycles. The number of methoxy groups -OCH3 is 1. The van der Waals surface area contributed by atoms with Gasteiger partial charge in [0.05, 0.1) is 18.6 Å². The van der Waals surface area contributed by atoms with Gasteiger partial charge in [-0.1, -0.05) is 11.6 Å². The number of halogens is 1. The highest BCUT2D eigenvalue weighted by molar-refractivity contribution is 6.30. The molecule has 0 radical (unpaired) electrons. The quantitative estimate of drug-likeness (QED) is 0.799. The largest absolute Gasteiger partial charge is 0.489 e. The van der Waals surface area contributed by atoms with E-state index < -0.39 is 5.41 Å². The van der Waals surface area contributed by atoms with Gasteiger partial charge in [0.25, 0.3) is 0 Å². The van der Waals surface area contributed by atoms with Gasteiger partial charge in [0.2, 0.25) is 5.91 Å². The van der Waals surface area contributed by atoms with Gasteiger partial charge in [-0.3, -0.25) is 4.79 Å². The topological polar surface area (TPSA) is 59.6 Å². The normalized spacial score (nSPS) is 18.2. The van der Waals surface area contributed by atoms with Crippen molar-refractivity contribution in [3.8, 4) is 5.75 Å². The minimum atomic E-state index is -0.431. The van der Waals surface area contributed by atoms with Crippen molar-refractivity contribution in [2.24, 2.45) is 5.41 Å². The molecule has 2 rings (SSSR count). The molecule has 1 aliphatic heterocycles. The van der Waals surface area contributed by atoms with Crippen LogP contribution in [0.4, 0.5) is 0 Å². The number of benzene rings is 1. The highest BCUT2D eigenvalue weighted by atomic mass is 35.5. The Balaban J connectivity index is 1.85. The molecule has 1 atom stereocenters. The monoisotopic (exact) mass is 340 g/mol. The maximum Gasteiger partial charge on any atom is 0.228 e. The molecule has 6 heteroatoms. The summed E-state index contributed by atoms with van der Waals surface area (Å²) in [6.45, 7) is 4.52. The first-order valence-electron chi connectivity index (χ1n) is 7.96. The van der Waals surface area contributed by atoms with Crippen molar-refractivity contribution in [3.05, 3.63) is 29.3 Å². The predicted octanol–water partition coefficient (Wildman–Crippen LogP) is 2.24. The van der Waals surface area contributed by atoms with Crippen LogP contribution in [-0.2, 0) is 9.53 Å². The Bertz CT molecular complexity index is 496. The van der Waals surface area contributed by atoms with Crippen LogP contribution < -0.4 is 15.4 Å². The van der Waals surface area contributed by atoms with Crippen LogP contribution in [0, 0.1) is 5.41 Å². The Hall–Kier alpha value is -1.30. The summed E-state index contributed by atoms with van der Waals surface area (Å²) in [5.74, 6) is 0.789. The molecule has 1 unspecified atom stereocenters. The van der Waals surface area contributed by atoms with E-state index in [-0.39, 0.29) is 12.0 Å². The zero-order valence-electron chi connectivity index (χ0n) is 13.7. The summed E-state index contributed by atoms with van der Waals surface area (Å²) in [5, 5.41) is 6.97. The zero-order chi connectivity index (χ0) is 16.7. The van der Waals surface area contributed by atoms with Gasteiger partial charge in [0.15, 0.2) is 0 Å². The SMILES string of the molecule is COCC1(C(=O)NCC(C)Oc2ccc(Cl)cc2)CCNCC1. The van der Waals surface area contributed by atoms with Crippen molar-refractivity contribution in [1.82, 2.24) is 10.6 Å². The summed E-state index contributed by atoms with van der Waals surface area (Å²) in [5.41, 5.74) is -0.431. The number of hydrogen-bond acceptors (Lipinski definition) is 4. The minimum Gasteiger partial charge on any atom is -0.489 e. The summed E-state index contributed by atoms with van der Waals surface area (Å²) >= 11 is 5.85. The van der Waals surface area contributed by atoms with Gasteiger partial charge in [-0.05, 0) is 57.1 Å². The maximum atomic E-state index is 12.6. The van der Waals surface area contributed by atoms with Gasteiger partial charge in [-0.2, -0.15) is 0 Å². The number of carbonyl (C=O) groups is 1. The lowest BCUT2D eigenvalue weighted by atomic mass is 9.78. The summed E-state index contributed by atoms with van der Waals surface area (Å²) in [7, 11) is 1.64. The van der Waals surface area contributed by atoms with Gasteiger partial charge in [-0.15, -0.1) is 0 Å². The molecule has 0 spiro atoms. The number of ether oxygens (including phenoxy) is 2. The van der Waals surface area contributed by atoms with Crippen LogP contribution in [0.15, 0.2) is 24.3 Å². The summed E-state index contributed by atoms with van der Waals surface area (Å²) in [6.07, 6.45) is 1.46. The molecule has 0 aliphatic carbocycles. The third-order valence-corrected chi connectivity index (χ3v) is 4.42. The van der Waals surface area contributed by atoms with Crippen LogP contribution in [0.1, 0.15) is 19.8 Å². The van der Waals surface area contributed by atoms with Crippen molar-refractivity contribution in [2.45, 2.75) is 25.9 Å². The van der Waals surface area contributed by atoms with Crippen LogP contribution in [0.5, 0.6) is 5.75 Å². The average Bonchev–Trinajstić information content (AvgIpc) is 2.56. The smallest absolute Gasteiger partial charge is 0.228 e. The van der Waals surface area contributed by atoms with Gasteiger partial charge in [-0.25, -0.2) is 0 Å². The Morgan fingerprint density at radius 3 is 2.61 bits per heavy atom. The Morgan fingerprint density at radius 1 is 1.35 bits per heavy atom. The van der Waals surface area contributed by atoms with E-state index in [1.165, 1.54) is 0 Å². The van der Waals surface area contributed by atoms with Crippen LogP contribution in [0.2, 0.25) is 5.02 Å². The average molecular weight is 341 g/mol. The highest BCUT2D eigenvalue weighted by Crippen LogP contribution is 2.29. The minimum absolute atomic E-state index is 0.0485. The molecule has 5 nitrogen and oxygen atoms in total. The van der Waals surface area contributed by atoms with Gasteiger partial charge in [0, 0.05) is 12.1 Å². The molecule has 1 fully saturated rings. The van der Waals surface area contributed by atoms with E-state index in [1.807, 2.05) is 19.1 Å². The molecule has 128 valence electrons. The number of carbonyl (C=O) groups excluding carboxylic acids is 1. The molecular formula is C17H25ClN2O3. The fourth-order valence-electron chi connectivity index (χ4n) is 2.83. The number of rotatable bonds is 7. The zero-order valence-corrected chi connectivity index (χ0v) is 14.5. The molecule has 1 heterocycles. The molecule has 23 heavy (non-hydrogen) atoms. The number of amides is 1. The van der Waals surface area contributed by atoms with E-state index in [1.54, 1.807) is 19.2 Å². The van der Waals surface area contributed by atoms with Gasteiger partial charge >= 0.3 is 0 Å². The van der Waals surface area contributed by atoms with E-state index in [9.17, 15) is 4.79 Å². The first kappa shape index (κ1) is 18.0. The van der Waals surface area contributed by atoms with Crippen molar-refractivity contribution in [1.29, 1.82) is 0 Å². The number of nitrogens with one attached hydrogen (secondary N) is 2. The molecule has 0 aromatic heterocycles. The second-order valence-corrected chi connectivity index (χ2v) is 6.49. The lowest BCUT2D eigenvalue weighted by Gasteiger charge is -2.35. The van der Waals surface area contributed by atoms with Crippen LogP contribution >= 0.6 is 11.6 Å². The summed E-state index contributed by atoms with van der Waals surface area (Å²) in [6, 6.07) is 7.20. The third kappa shape index (κ3) is 5.09. The molecule has 1 aromatic carbocycles. The Morgan fingerprint density at radius 2 is 2.00 bits per heavy atom. The molecular weight excluding hydrogens is 316 g/mol. The van der Waals surface area contributed by atoms with E-state index in [4.69, 9.17) is 21.1 Å². The van der Waals surface area contributed by atoms with Crippen LogP contribution in [0.3, 0.4) is 0 Å². The van der Waals surface area contributed by atoms with Crippen molar-refractivity contribution in [2.75, 3.05) is 33.4 Å². The van der Waals surface area contributed by atoms with Crippen LogP contribution in [0.25, 0.3) is 0 Å². The molecule has 0 bridgehead atoms. The van der Waals surface area contributed by atoms with E-state index in [2.05, 4.69) is 10.6 Å². The number of piperidine rings is 1. The van der Waals surface area contributed by atoms with E-state index >= 15 is 0 Å². The van der Waals surface area contributed by atoms with Gasteiger partial charge < -0.3 is 20.1 Å². The summed E-state index contributed by atoms with van der Waals surface area (Å²) in [4.78, 5) is 12.6. The molecule has 1 aliphatic rings. The fourth-order valence-corrected chi connectivity index (χ4v) is 2.96. The second kappa shape index (κ2) is 8.52. The lowest BCUT2D eigenvalue weighted by molar-refractivity contribution is -0.136. The lowest BCUT2D eigenvalue weighted by Crippen LogP contribution is -2.51. The first-order chi connectivity index (χ1) is 11.1. The van der Waals surface area contributed by atoms with Crippen LogP contribution in [-0.4, -0.2) is 45.4 Å². The summed E-state index contributed by atoms with van der Waals surface area (Å²) < 4.78 is 11.1. The standard InChI is InChI=1S/C17H25ClN2O3/c1-13(23-15-5-3-14(18)4-6-15)11-20-16(21)17(12-22-2)7-9-19-10-8-17/h3-6,13,19H,7-12H2,1-2H3,(H,20,21). The highest BCUT2D eigenvalue weighted by Gasteiger charge is 2.39. The molecule has 1 aromatic rings. The Labute approximate surface area is 142 Å². The maximum absolute atomic E-state index is 12.6. The Kier molecular flexibility index (Phi) is 6.69. The first-order valence-corrected chi connectivity index (χ1v) is 8.34. The third-order valence-electron chi connectivity index (χ3n) is 4.16. The van der Waals surface area contributed by atoms with Crippen molar-refractivity contribution < 1.29 is 14.3 Å². The predicted molar refractivity (Wildman–Crippen MR) is 91.0 cm³/mol. The molecule has 2 N–H and O–H groups in total. The molecule has 1 amide bonds. The molecule has 1 saturated heterocycles. The van der Waals surface area contributed by atoms with E-state index in [0.717, 1.165) is 31.7 Å². The number of hydrogen-bond donors (Lipinski definition) is 2. The second-order valence-electron chi connectivity index (χ2n) is 6.06.